The Bertz CT molecular complexity index is 671. The number of benzene rings is 2. The molecule has 3 nitrogen and oxygen atoms in total. The molecule has 0 aromatic heterocycles. The summed E-state index contributed by atoms with van der Waals surface area (Å²) in [5, 5.41) is 18.9. The number of nitrogens with zero attached hydrogens (tertiary/aromatic N) is 2. The maximum Gasteiger partial charge on any atom is 0.143 e. The second kappa shape index (κ2) is 6.92. The van der Waals surface area contributed by atoms with E-state index in [2.05, 4.69) is 24.1 Å². The van der Waals surface area contributed by atoms with Gasteiger partial charge >= 0.3 is 0 Å². The van der Waals surface area contributed by atoms with Gasteiger partial charge < -0.3 is 5.11 Å². The van der Waals surface area contributed by atoms with Crippen LogP contribution in [0, 0.1) is 0 Å². The molecule has 0 aliphatic carbocycles. The molecule has 1 unspecified atom stereocenters. The van der Waals surface area contributed by atoms with Crippen molar-refractivity contribution >= 4 is 34.6 Å². The van der Waals surface area contributed by atoms with Crippen LogP contribution in [0.4, 0.5) is 11.4 Å². The number of aromatic hydroxyl groups is 1. The van der Waals surface area contributed by atoms with Crippen molar-refractivity contribution in [1.82, 2.24) is 0 Å². The van der Waals surface area contributed by atoms with E-state index in [1.165, 1.54) is 0 Å². The van der Waals surface area contributed by atoms with Crippen LogP contribution in [0.3, 0.4) is 0 Å². The Morgan fingerprint density at radius 2 is 1.81 bits per heavy atom. The minimum absolute atomic E-state index is 0.103. The SMILES string of the molecule is CCC(C)c1ccc(O)c(N=Nc2ccc(Cl)c(Cl)c2)c1. The smallest absolute Gasteiger partial charge is 0.143 e. The fourth-order valence-electron chi connectivity index (χ4n) is 1.82. The van der Waals surface area contributed by atoms with Gasteiger partial charge in [0, 0.05) is 0 Å². The van der Waals surface area contributed by atoms with Crippen LogP contribution < -0.4 is 0 Å². The molecular formula is C16H16Cl2N2O. The molecule has 2 rings (SSSR count). The minimum atomic E-state index is 0.103. The number of azo groups is 1. The quantitative estimate of drug-likeness (QED) is 0.631. The lowest BCUT2D eigenvalue weighted by Crippen LogP contribution is -1.90. The summed E-state index contributed by atoms with van der Waals surface area (Å²) < 4.78 is 0. The van der Waals surface area contributed by atoms with Crippen molar-refractivity contribution in [3.8, 4) is 5.75 Å². The summed E-state index contributed by atoms with van der Waals surface area (Å²) in [4.78, 5) is 0. The van der Waals surface area contributed by atoms with Crippen LogP contribution >= 0.6 is 23.2 Å². The first-order valence-corrected chi connectivity index (χ1v) is 7.46. The topological polar surface area (TPSA) is 45.0 Å². The Morgan fingerprint density at radius 3 is 2.48 bits per heavy atom. The highest BCUT2D eigenvalue weighted by molar-refractivity contribution is 6.42. The maximum absolute atomic E-state index is 9.87. The molecule has 1 atom stereocenters. The fourth-order valence-corrected chi connectivity index (χ4v) is 2.11. The fraction of sp³-hybridized carbons (Fsp3) is 0.250. The zero-order valence-electron chi connectivity index (χ0n) is 11.8. The lowest BCUT2D eigenvalue weighted by atomic mass is 9.98. The molecule has 0 heterocycles. The lowest BCUT2D eigenvalue weighted by molar-refractivity contribution is 0.476. The van der Waals surface area contributed by atoms with Crippen LogP contribution in [-0.2, 0) is 0 Å². The lowest BCUT2D eigenvalue weighted by Gasteiger charge is -2.09. The van der Waals surface area contributed by atoms with Crippen molar-refractivity contribution in [1.29, 1.82) is 0 Å². The van der Waals surface area contributed by atoms with E-state index in [1.54, 1.807) is 24.3 Å². The van der Waals surface area contributed by atoms with Crippen LogP contribution in [0.1, 0.15) is 31.7 Å². The first kappa shape index (κ1) is 15.8. The van der Waals surface area contributed by atoms with Crippen molar-refractivity contribution in [2.45, 2.75) is 26.2 Å². The van der Waals surface area contributed by atoms with E-state index < -0.39 is 0 Å². The zero-order chi connectivity index (χ0) is 15.4. The third kappa shape index (κ3) is 3.96. The van der Waals surface area contributed by atoms with Gasteiger partial charge in [0.05, 0.1) is 15.7 Å². The van der Waals surface area contributed by atoms with Crippen molar-refractivity contribution < 1.29 is 5.11 Å². The molecule has 110 valence electrons. The number of hydrogen-bond acceptors (Lipinski definition) is 3. The van der Waals surface area contributed by atoms with Gasteiger partial charge in [0.25, 0.3) is 0 Å². The number of phenolic OH excluding ortho intramolecular Hbond substituents is 1. The average molecular weight is 323 g/mol. The summed E-state index contributed by atoms with van der Waals surface area (Å²) in [5.41, 5.74) is 2.15. The van der Waals surface area contributed by atoms with Gasteiger partial charge in [0.2, 0.25) is 0 Å². The monoisotopic (exact) mass is 322 g/mol. The second-order valence-electron chi connectivity index (χ2n) is 4.86. The normalized spacial score (nSPS) is 12.8. The van der Waals surface area contributed by atoms with Gasteiger partial charge in [-0.05, 0) is 48.2 Å². The van der Waals surface area contributed by atoms with Crippen LogP contribution in [-0.4, -0.2) is 5.11 Å². The van der Waals surface area contributed by atoms with Gasteiger partial charge in [-0.3, -0.25) is 0 Å². The number of hydrogen-bond donors (Lipinski definition) is 1. The van der Waals surface area contributed by atoms with E-state index in [-0.39, 0.29) is 5.75 Å². The van der Waals surface area contributed by atoms with E-state index in [9.17, 15) is 5.11 Å². The average Bonchev–Trinajstić information content (AvgIpc) is 2.49. The van der Waals surface area contributed by atoms with Gasteiger partial charge in [-0.25, -0.2) is 0 Å². The maximum atomic E-state index is 9.87. The molecule has 0 amide bonds. The molecule has 0 aliphatic heterocycles. The molecule has 0 radical (unpaired) electrons. The van der Waals surface area contributed by atoms with Gasteiger partial charge in [-0.2, -0.15) is 5.11 Å². The minimum Gasteiger partial charge on any atom is -0.506 e. The van der Waals surface area contributed by atoms with Gasteiger partial charge in [0.1, 0.15) is 11.4 Å². The molecule has 0 saturated heterocycles. The molecular weight excluding hydrogens is 307 g/mol. The molecule has 2 aromatic rings. The molecule has 2 aromatic carbocycles. The van der Waals surface area contributed by atoms with Gasteiger partial charge in [-0.15, -0.1) is 5.11 Å². The Balaban J connectivity index is 2.29. The molecule has 0 fully saturated rings. The summed E-state index contributed by atoms with van der Waals surface area (Å²) in [5.74, 6) is 0.510. The number of phenols is 1. The van der Waals surface area contributed by atoms with Crippen molar-refractivity contribution in [3.05, 3.63) is 52.0 Å². The Kier molecular flexibility index (Phi) is 5.21. The highest BCUT2D eigenvalue weighted by Gasteiger charge is 2.07. The number of halogens is 2. The van der Waals surface area contributed by atoms with Gasteiger partial charge in [0.15, 0.2) is 0 Å². The van der Waals surface area contributed by atoms with Crippen LogP contribution in [0.2, 0.25) is 10.0 Å². The summed E-state index contributed by atoms with van der Waals surface area (Å²) in [7, 11) is 0. The Labute approximate surface area is 134 Å². The summed E-state index contributed by atoms with van der Waals surface area (Å²) in [6.07, 6.45) is 1.02. The third-order valence-electron chi connectivity index (χ3n) is 3.36. The van der Waals surface area contributed by atoms with Crippen molar-refractivity contribution in [3.63, 3.8) is 0 Å². The molecule has 0 saturated carbocycles. The van der Waals surface area contributed by atoms with Crippen LogP contribution in [0.5, 0.6) is 5.75 Å². The Morgan fingerprint density at radius 1 is 1.05 bits per heavy atom. The third-order valence-corrected chi connectivity index (χ3v) is 4.10. The predicted molar refractivity (Wildman–Crippen MR) is 87.5 cm³/mol. The molecule has 0 aliphatic rings. The summed E-state index contributed by atoms with van der Waals surface area (Å²) in [6, 6.07) is 10.4. The Hall–Kier alpha value is -1.58. The van der Waals surface area contributed by atoms with E-state index in [4.69, 9.17) is 23.2 Å². The largest absolute Gasteiger partial charge is 0.506 e. The van der Waals surface area contributed by atoms with E-state index in [0.29, 0.717) is 27.3 Å². The first-order valence-electron chi connectivity index (χ1n) is 6.71. The highest BCUT2D eigenvalue weighted by Crippen LogP contribution is 2.33. The highest BCUT2D eigenvalue weighted by atomic mass is 35.5. The molecule has 0 bridgehead atoms. The molecule has 5 heteroatoms. The van der Waals surface area contributed by atoms with E-state index in [0.717, 1.165) is 12.0 Å². The molecule has 0 spiro atoms. The number of rotatable bonds is 4. The predicted octanol–water partition coefficient (Wildman–Crippen LogP) is 6.63. The molecule has 21 heavy (non-hydrogen) atoms. The van der Waals surface area contributed by atoms with Crippen LogP contribution in [0.15, 0.2) is 46.6 Å². The van der Waals surface area contributed by atoms with Crippen molar-refractivity contribution in [2.75, 3.05) is 0 Å². The van der Waals surface area contributed by atoms with E-state index in [1.807, 2.05) is 12.1 Å². The van der Waals surface area contributed by atoms with Crippen LogP contribution in [0.25, 0.3) is 0 Å². The summed E-state index contributed by atoms with van der Waals surface area (Å²) in [6.45, 7) is 4.25. The standard InChI is InChI=1S/C16H16Cl2N2O/c1-3-10(2)11-4-7-16(21)15(8-11)20-19-12-5-6-13(17)14(18)9-12/h4-10,21H,3H2,1-2H3. The zero-order valence-corrected chi connectivity index (χ0v) is 13.4. The van der Waals surface area contributed by atoms with Crippen molar-refractivity contribution in [2.24, 2.45) is 10.2 Å². The van der Waals surface area contributed by atoms with Gasteiger partial charge in [-0.1, -0.05) is 43.1 Å². The summed E-state index contributed by atoms with van der Waals surface area (Å²) >= 11 is 11.8. The second-order valence-corrected chi connectivity index (χ2v) is 5.67. The molecule has 1 N–H and O–H groups in total. The van der Waals surface area contributed by atoms with E-state index >= 15 is 0 Å². The first-order chi connectivity index (χ1) is 10.0.